The van der Waals surface area contributed by atoms with Crippen LogP contribution in [0.25, 0.3) is 0 Å². The molecule has 1 N–H and O–H groups in total. The molecule has 1 fully saturated rings. The molecule has 1 aliphatic rings. The van der Waals surface area contributed by atoms with Crippen molar-refractivity contribution in [1.82, 2.24) is 15.2 Å². The fraction of sp³-hybridized carbons (Fsp3) is 0.450. The molecule has 5 nitrogen and oxygen atoms in total. The third-order valence-corrected chi connectivity index (χ3v) is 5.96. The van der Waals surface area contributed by atoms with E-state index in [2.05, 4.69) is 10.3 Å². The summed E-state index contributed by atoms with van der Waals surface area (Å²) in [6, 6.07) is 4.65. The van der Waals surface area contributed by atoms with Crippen molar-refractivity contribution in [1.29, 1.82) is 0 Å². The number of piperidine rings is 1. The molecule has 27 heavy (non-hydrogen) atoms. The molecule has 2 heterocycles. The Balaban J connectivity index is 1.55. The smallest absolute Gasteiger partial charge is 0.253 e. The Morgan fingerprint density at radius 3 is 2.74 bits per heavy atom. The van der Waals surface area contributed by atoms with E-state index in [-0.39, 0.29) is 17.6 Å². The van der Waals surface area contributed by atoms with Gasteiger partial charge in [-0.1, -0.05) is 13.0 Å². The van der Waals surface area contributed by atoms with E-state index >= 15 is 0 Å². The van der Waals surface area contributed by atoms with Gasteiger partial charge in [-0.25, -0.2) is 9.37 Å². The molecule has 0 radical (unpaired) electrons. The van der Waals surface area contributed by atoms with E-state index in [1.165, 1.54) is 6.07 Å². The van der Waals surface area contributed by atoms with E-state index in [9.17, 15) is 14.0 Å². The average Bonchev–Trinajstić information content (AvgIpc) is 3.17. The number of halogens is 1. The first-order valence-electron chi connectivity index (χ1n) is 9.24. The van der Waals surface area contributed by atoms with E-state index < -0.39 is 0 Å². The van der Waals surface area contributed by atoms with Crippen LogP contribution in [-0.2, 0) is 11.3 Å². The van der Waals surface area contributed by atoms with Crippen LogP contribution in [0.1, 0.15) is 58.7 Å². The molecule has 0 saturated carbocycles. The number of hydrogen-bond acceptors (Lipinski definition) is 4. The minimum atomic E-state index is -0.346. The quantitative estimate of drug-likeness (QED) is 0.849. The van der Waals surface area contributed by atoms with E-state index in [1.54, 1.807) is 35.3 Å². The molecule has 0 bridgehead atoms. The SMILES string of the molecule is CCC(=O)NCc1csc(C2CCN(C(=O)c3ccc(C)c(F)c3)CC2)n1. The van der Waals surface area contributed by atoms with Crippen molar-refractivity contribution in [3.05, 3.63) is 51.2 Å². The molecule has 0 aliphatic carbocycles. The minimum absolute atomic E-state index is 0.0175. The average molecular weight is 389 g/mol. The summed E-state index contributed by atoms with van der Waals surface area (Å²) in [7, 11) is 0. The Morgan fingerprint density at radius 2 is 2.07 bits per heavy atom. The van der Waals surface area contributed by atoms with Crippen LogP contribution in [0.5, 0.6) is 0 Å². The number of nitrogens with zero attached hydrogens (tertiary/aromatic N) is 2. The van der Waals surface area contributed by atoms with Gasteiger partial charge in [0.1, 0.15) is 5.82 Å². The van der Waals surface area contributed by atoms with Gasteiger partial charge in [-0.05, 0) is 37.5 Å². The number of hydrogen-bond donors (Lipinski definition) is 1. The number of nitrogens with one attached hydrogen (secondary N) is 1. The molecule has 0 unspecified atom stereocenters. The van der Waals surface area contributed by atoms with Crippen LogP contribution >= 0.6 is 11.3 Å². The number of benzene rings is 1. The summed E-state index contributed by atoms with van der Waals surface area (Å²) >= 11 is 1.61. The highest BCUT2D eigenvalue weighted by Gasteiger charge is 2.26. The second-order valence-electron chi connectivity index (χ2n) is 6.84. The lowest BCUT2D eigenvalue weighted by Crippen LogP contribution is -2.38. The molecule has 144 valence electrons. The Hall–Kier alpha value is -2.28. The van der Waals surface area contributed by atoms with Gasteiger partial charge in [-0.2, -0.15) is 0 Å². The fourth-order valence-corrected chi connectivity index (χ4v) is 4.13. The van der Waals surface area contributed by atoms with E-state index in [0.717, 1.165) is 23.5 Å². The molecular formula is C20H24FN3O2S. The van der Waals surface area contributed by atoms with Crippen molar-refractivity contribution < 1.29 is 14.0 Å². The maximum Gasteiger partial charge on any atom is 0.253 e. The summed E-state index contributed by atoms with van der Waals surface area (Å²) in [5.41, 5.74) is 1.82. The number of amides is 2. The number of likely N-dealkylation sites (tertiary alicyclic amines) is 1. The maximum atomic E-state index is 13.7. The highest BCUT2D eigenvalue weighted by atomic mass is 32.1. The third kappa shape index (κ3) is 4.71. The molecule has 1 aromatic carbocycles. The van der Waals surface area contributed by atoms with Crippen LogP contribution in [0.2, 0.25) is 0 Å². The summed E-state index contributed by atoms with van der Waals surface area (Å²) in [5.74, 6) is -0.121. The highest BCUT2D eigenvalue weighted by Crippen LogP contribution is 2.31. The molecule has 0 atom stereocenters. The molecule has 1 saturated heterocycles. The molecule has 0 spiro atoms. The highest BCUT2D eigenvalue weighted by molar-refractivity contribution is 7.09. The van der Waals surface area contributed by atoms with E-state index in [0.29, 0.717) is 43.1 Å². The lowest BCUT2D eigenvalue weighted by molar-refractivity contribution is -0.120. The third-order valence-electron chi connectivity index (χ3n) is 4.91. The first-order valence-corrected chi connectivity index (χ1v) is 10.1. The van der Waals surface area contributed by atoms with Gasteiger partial charge < -0.3 is 10.2 Å². The van der Waals surface area contributed by atoms with Gasteiger partial charge in [0.05, 0.1) is 17.2 Å². The van der Waals surface area contributed by atoms with Gasteiger partial charge in [0.2, 0.25) is 5.91 Å². The van der Waals surface area contributed by atoms with Crippen molar-refractivity contribution in [3.63, 3.8) is 0 Å². The van der Waals surface area contributed by atoms with Crippen LogP contribution in [0, 0.1) is 12.7 Å². The van der Waals surface area contributed by atoms with E-state index in [1.807, 2.05) is 12.3 Å². The molecule has 3 rings (SSSR count). The van der Waals surface area contributed by atoms with Crippen LogP contribution in [0.4, 0.5) is 4.39 Å². The fourth-order valence-electron chi connectivity index (χ4n) is 3.14. The van der Waals surface area contributed by atoms with Gasteiger partial charge in [-0.15, -0.1) is 11.3 Å². The lowest BCUT2D eigenvalue weighted by atomic mass is 9.97. The Kier molecular flexibility index (Phi) is 6.21. The van der Waals surface area contributed by atoms with Crippen LogP contribution in [0.3, 0.4) is 0 Å². The molecule has 2 aromatic rings. The second kappa shape index (κ2) is 8.61. The Morgan fingerprint density at radius 1 is 1.33 bits per heavy atom. The van der Waals surface area contributed by atoms with Gasteiger partial charge in [0.15, 0.2) is 0 Å². The monoisotopic (exact) mass is 389 g/mol. The molecule has 1 aromatic heterocycles. The predicted molar refractivity (Wildman–Crippen MR) is 103 cm³/mol. The van der Waals surface area contributed by atoms with Gasteiger partial charge in [0, 0.05) is 36.4 Å². The van der Waals surface area contributed by atoms with Crippen molar-refractivity contribution in [2.75, 3.05) is 13.1 Å². The van der Waals surface area contributed by atoms with E-state index in [4.69, 9.17) is 0 Å². The summed E-state index contributed by atoms with van der Waals surface area (Å²) in [6.07, 6.45) is 2.15. The van der Waals surface area contributed by atoms with Crippen LogP contribution in [-0.4, -0.2) is 34.8 Å². The van der Waals surface area contributed by atoms with Gasteiger partial charge in [-0.3, -0.25) is 9.59 Å². The molecule has 2 amide bonds. The van der Waals surface area contributed by atoms with Crippen molar-refractivity contribution in [3.8, 4) is 0 Å². The minimum Gasteiger partial charge on any atom is -0.350 e. The zero-order chi connectivity index (χ0) is 19.4. The Labute approximate surface area is 162 Å². The summed E-state index contributed by atoms with van der Waals surface area (Å²) in [6.45, 7) is 5.24. The standard InChI is InChI=1S/C20H24FN3O2S/c1-3-18(25)22-11-16-12-27-19(23-16)14-6-8-24(9-7-14)20(26)15-5-4-13(2)17(21)10-15/h4-5,10,12,14H,3,6-9,11H2,1-2H3,(H,22,25). The number of carbonyl (C=O) groups excluding carboxylic acids is 2. The molecular weight excluding hydrogens is 365 g/mol. The summed E-state index contributed by atoms with van der Waals surface area (Å²) in [4.78, 5) is 30.4. The van der Waals surface area contributed by atoms with Gasteiger partial charge in [0.25, 0.3) is 5.91 Å². The first kappa shape index (κ1) is 19.5. The van der Waals surface area contributed by atoms with Gasteiger partial charge >= 0.3 is 0 Å². The zero-order valence-corrected chi connectivity index (χ0v) is 16.4. The largest absolute Gasteiger partial charge is 0.350 e. The van der Waals surface area contributed by atoms with Crippen LogP contribution < -0.4 is 5.32 Å². The number of aromatic nitrogens is 1. The number of thiazole rings is 1. The maximum absolute atomic E-state index is 13.7. The lowest BCUT2D eigenvalue weighted by Gasteiger charge is -2.31. The summed E-state index contributed by atoms with van der Waals surface area (Å²) < 4.78 is 13.7. The first-order chi connectivity index (χ1) is 13.0. The molecule has 1 aliphatic heterocycles. The number of rotatable bonds is 5. The number of carbonyl (C=O) groups is 2. The molecule has 7 heteroatoms. The van der Waals surface area contributed by atoms with Crippen molar-refractivity contribution in [2.24, 2.45) is 0 Å². The predicted octanol–water partition coefficient (Wildman–Crippen LogP) is 3.64. The Bertz CT molecular complexity index is 828. The summed E-state index contributed by atoms with van der Waals surface area (Å²) in [5, 5.41) is 5.88. The number of aryl methyl sites for hydroxylation is 1. The second-order valence-corrected chi connectivity index (χ2v) is 7.73. The van der Waals surface area contributed by atoms with Crippen molar-refractivity contribution in [2.45, 2.75) is 45.6 Å². The normalized spacial score (nSPS) is 15.0. The topological polar surface area (TPSA) is 62.3 Å². The van der Waals surface area contributed by atoms with Crippen molar-refractivity contribution >= 4 is 23.2 Å². The van der Waals surface area contributed by atoms with Crippen LogP contribution in [0.15, 0.2) is 23.6 Å². The zero-order valence-electron chi connectivity index (χ0n) is 15.6.